The van der Waals surface area contributed by atoms with Gasteiger partial charge in [0.15, 0.2) is 0 Å². The maximum absolute atomic E-state index is 12.4. The van der Waals surface area contributed by atoms with Gasteiger partial charge in [0.2, 0.25) is 0 Å². The molecule has 8 heteroatoms. The van der Waals surface area contributed by atoms with E-state index in [2.05, 4.69) is 5.16 Å². The third-order valence-corrected chi connectivity index (χ3v) is 4.58. The van der Waals surface area contributed by atoms with Crippen LogP contribution in [0.25, 0.3) is 0 Å². The first-order valence-corrected chi connectivity index (χ1v) is 8.94. The summed E-state index contributed by atoms with van der Waals surface area (Å²) in [4.78, 5) is 0. The Balaban J connectivity index is 2.90. The molecule has 0 N–H and O–H groups in total. The topological polar surface area (TPSA) is 57.1 Å². The van der Waals surface area contributed by atoms with Crippen molar-refractivity contribution in [1.29, 1.82) is 0 Å². The number of hydrogen-bond donors (Lipinski definition) is 0. The van der Waals surface area contributed by atoms with Gasteiger partial charge in [-0.2, -0.15) is 0 Å². The highest BCUT2D eigenvalue weighted by Gasteiger charge is 2.30. The summed E-state index contributed by atoms with van der Waals surface area (Å²) in [7, 11) is -3.79. The molecule has 0 bridgehead atoms. The van der Waals surface area contributed by atoms with Gasteiger partial charge in [0.1, 0.15) is 10.8 Å². The van der Waals surface area contributed by atoms with E-state index in [1.807, 2.05) is 13.2 Å². The average Bonchev–Trinajstić information content (AvgIpc) is 2.40. The summed E-state index contributed by atoms with van der Waals surface area (Å²) in [6.07, 6.45) is 1.83. The van der Waals surface area contributed by atoms with E-state index in [0.29, 0.717) is 15.8 Å². The number of benzene rings is 1. The summed E-state index contributed by atoms with van der Waals surface area (Å²) < 4.78 is 27.7. The number of hydrogen-bond acceptors (Lipinski definition) is 6. The molecule has 0 saturated carbocycles. The minimum absolute atomic E-state index is 0.178. The highest BCUT2D eigenvalue weighted by Crippen LogP contribution is 2.50. The highest BCUT2D eigenvalue weighted by molar-refractivity contribution is 8.13. The summed E-state index contributed by atoms with van der Waals surface area (Å²) in [5.74, 6) is 0.348. The average molecular weight is 338 g/mol. The molecule has 0 aliphatic heterocycles. The smallest absolute Gasteiger partial charge is 0.394 e. The molecule has 0 heterocycles. The number of aryl methyl sites for hydroxylation is 1. The molecule has 1 aromatic carbocycles. The molecule has 0 saturated heterocycles. The van der Waals surface area contributed by atoms with Gasteiger partial charge in [-0.05, 0) is 50.8 Å². The second-order valence-electron chi connectivity index (χ2n) is 3.76. The minimum atomic E-state index is -3.79. The minimum Gasteiger partial charge on any atom is -0.394 e. The first-order valence-electron chi connectivity index (χ1n) is 5.88. The Morgan fingerprint density at radius 2 is 2.20 bits per heavy atom. The number of thioether (sulfide) groups is 1. The molecule has 5 nitrogen and oxygen atoms in total. The number of phosphoric ester groups is 1. The fourth-order valence-corrected chi connectivity index (χ4v) is 2.50. The van der Waals surface area contributed by atoms with E-state index in [-0.39, 0.29) is 6.61 Å². The summed E-state index contributed by atoms with van der Waals surface area (Å²) in [5.41, 5.74) is 0.802. The number of phosphoric acid groups is 1. The Kier molecular flexibility index (Phi) is 6.89. The van der Waals surface area contributed by atoms with Gasteiger partial charge in [0.25, 0.3) is 0 Å². The number of oxime groups is 1. The van der Waals surface area contributed by atoms with E-state index < -0.39 is 7.82 Å². The number of nitrogens with zero attached hydrogens (tertiary/aromatic N) is 1. The Labute approximate surface area is 128 Å². The number of rotatable bonds is 6. The summed E-state index contributed by atoms with van der Waals surface area (Å²) in [6.45, 7) is 5.42. The summed E-state index contributed by atoms with van der Waals surface area (Å²) >= 11 is 7.29. The first kappa shape index (κ1) is 17.4. The zero-order chi connectivity index (χ0) is 15.2. The fraction of sp³-hybridized carbons (Fsp3) is 0.417. The molecular formula is C12H17ClNO4PS. The lowest BCUT2D eigenvalue weighted by Crippen LogP contribution is -2.01. The van der Waals surface area contributed by atoms with E-state index in [9.17, 15) is 4.57 Å². The lowest BCUT2D eigenvalue weighted by Gasteiger charge is -2.15. The van der Waals surface area contributed by atoms with Gasteiger partial charge >= 0.3 is 7.82 Å². The van der Waals surface area contributed by atoms with Crippen molar-refractivity contribution in [3.05, 3.63) is 28.8 Å². The molecule has 112 valence electrons. The lowest BCUT2D eigenvalue weighted by atomic mass is 10.2. The molecule has 0 aliphatic carbocycles. The van der Waals surface area contributed by atoms with Gasteiger partial charge in [-0.15, -0.1) is 11.8 Å². The molecular weight excluding hydrogens is 321 g/mol. The Bertz CT molecular complexity index is 538. The van der Waals surface area contributed by atoms with Crippen molar-refractivity contribution in [2.45, 2.75) is 20.8 Å². The Morgan fingerprint density at radius 3 is 2.75 bits per heavy atom. The normalized spacial score (nSPS) is 14.8. The summed E-state index contributed by atoms with van der Waals surface area (Å²) in [6, 6.07) is 4.90. The van der Waals surface area contributed by atoms with Crippen molar-refractivity contribution in [1.82, 2.24) is 0 Å². The molecule has 0 spiro atoms. The van der Waals surface area contributed by atoms with Crippen LogP contribution < -0.4 is 4.52 Å². The highest BCUT2D eigenvalue weighted by atomic mass is 35.5. The van der Waals surface area contributed by atoms with E-state index in [4.69, 9.17) is 25.3 Å². The lowest BCUT2D eigenvalue weighted by molar-refractivity contribution is 0.166. The SMILES string of the molecule is CCOP(=O)(O/N=C(\C)SC)Oc1ccc(Cl)c(C)c1. The van der Waals surface area contributed by atoms with Crippen LogP contribution >= 0.6 is 31.2 Å². The van der Waals surface area contributed by atoms with Crippen molar-refractivity contribution in [2.24, 2.45) is 5.16 Å². The van der Waals surface area contributed by atoms with Crippen LogP contribution in [0.15, 0.2) is 23.4 Å². The molecule has 1 rings (SSSR count). The number of halogens is 1. The van der Waals surface area contributed by atoms with Crippen LogP contribution in [0.2, 0.25) is 5.02 Å². The standard InChI is InChI=1S/C12H17ClNO4PS/c1-5-16-19(15,18-14-10(3)20-4)17-11-6-7-12(13)9(2)8-11/h6-8H,5H2,1-4H3/b14-10+. The second-order valence-corrected chi connectivity index (χ2v) is 6.67. The van der Waals surface area contributed by atoms with Gasteiger partial charge in [-0.1, -0.05) is 16.8 Å². The molecule has 1 atom stereocenters. The molecule has 1 aromatic rings. The van der Waals surface area contributed by atoms with Crippen molar-refractivity contribution in [3.63, 3.8) is 0 Å². The van der Waals surface area contributed by atoms with Crippen LogP contribution in [0.1, 0.15) is 19.4 Å². The monoisotopic (exact) mass is 337 g/mol. The van der Waals surface area contributed by atoms with Crippen molar-refractivity contribution < 1.29 is 18.2 Å². The van der Waals surface area contributed by atoms with Crippen LogP contribution in [0.3, 0.4) is 0 Å². The van der Waals surface area contributed by atoms with Gasteiger partial charge in [-0.3, -0.25) is 9.15 Å². The maximum atomic E-state index is 12.4. The van der Waals surface area contributed by atoms with Crippen molar-refractivity contribution >= 4 is 36.2 Å². The second kappa shape index (κ2) is 7.93. The van der Waals surface area contributed by atoms with Crippen LogP contribution in [-0.2, 0) is 13.7 Å². The molecule has 0 aliphatic rings. The zero-order valence-corrected chi connectivity index (χ0v) is 14.2. The van der Waals surface area contributed by atoms with E-state index in [1.165, 1.54) is 11.8 Å². The Hall–Kier alpha value is -0.680. The quantitative estimate of drug-likeness (QED) is 0.320. The predicted octanol–water partition coefficient (Wildman–Crippen LogP) is 4.88. The van der Waals surface area contributed by atoms with Crippen LogP contribution in [0, 0.1) is 6.92 Å². The van der Waals surface area contributed by atoms with Gasteiger partial charge in [0.05, 0.1) is 6.61 Å². The zero-order valence-electron chi connectivity index (χ0n) is 11.8. The van der Waals surface area contributed by atoms with Gasteiger partial charge < -0.3 is 4.52 Å². The van der Waals surface area contributed by atoms with Crippen LogP contribution in [-0.4, -0.2) is 17.9 Å². The van der Waals surface area contributed by atoms with E-state index in [0.717, 1.165) is 5.56 Å². The molecule has 0 aromatic heterocycles. The van der Waals surface area contributed by atoms with Crippen LogP contribution in [0.5, 0.6) is 5.75 Å². The molecule has 0 amide bonds. The van der Waals surface area contributed by atoms with E-state index in [1.54, 1.807) is 32.0 Å². The third kappa shape index (κ3) is 5.37. The maximum Gasteiger partial charge on any atom is 0.608 e. The molecule has 0 radical (unpaired) electrons. The molecule has 20 heavy (non-hydrogen) atoms. The largest absolute Gasteiger partial charge is 0.608 e. The van der Waals surface area contributed by atoms with E-state index >= 15 is 0 Å². The Morgan fingerprint density at radius 1 is 1.50 bits per heavy atom. The summed E-state index contributed by atoms with van der Waals surface area (Å²) in [5, 5.41) is 4.92. The predicted molar refractivity (Wildman–Crippen MR) is 83.8 cm³/mol. The van der Waals surface area contributed by atoms with Gasteiger partial charge in [0, 0.05) is 5.02 Å². The first-order chi connectivity index (χ1) is 9.40. The fourth-order valence-electron chi connectivity index (χ4n) is 1.17. The van der Waals surface area contributed by atoms with Gasteiger partial charge in [-0.25, -0.2) is 4.57 Å². The van der Waals surface area contributed by atoms with Crippen LogP contribution in [0.4, 0.5) is 0 Å². The molecule has 1 unspecified atom stereocenters. The third-order valence-electron chi connectivity index (χ3n) is 2.20. The molecule has 0 fully saturated rings. The van der Waals surface area contributed by atoms with Crippen molar-refractivity contribution in [2.75, 3.05) is 12.9 Å². The van der Waals surface area contributed by atoms with Crippen molar-refractivity contribution in [3.8, 4) is 5.75 Å².